The second-order valence-electron chi connectivity index (χ2n) is 5.48. The molecule has 8 nitrogen and oxygen atoms in total. The lowest BCUT2D eigenvalue weighted by Crippen LogP contribution is -2.35. The first kappa shape index (κ1) is 19.8. The number of esters is 1. The molecular weight excluding hydrogens is 360 g/mol. The number of alkyl carbamates (subject to hydrolysis) is 1. The fraction of sp³-hybridized carbons (Fsp3) is 0.412. The zero-order chi connectivity index (χ0) is 19.1. The number of imide groups is 1. The Hall–Kier alpha value is -2.55. The Morgan fingerprint density at radius 1 is 1.31 bits per heavy atom. The van der Waals surface area contributed by atoms with E-state index in [4.69, 9.17) is 4.74 Å². The average molecular weight is 380 g/mol. The Morgan fingerprint density at radius 3 is 2.77 bits per heavy atom. The molecule has 2 rings (SSSR count). The van der Waals surface area contributed by atoms with Crippen molar-refractivity contribution >= 4 is 41.3 Å². The zero-order valence-electron chi connectivity index (χ0n) is 14.5. The number of carbonyl (C=O) groups excluding carboxylic acids is 4. The monoisotopic (exact) mass is 380 g/mol. The fourth-order valence-corrected chi connectivity index (χ4v) is 2.92. The van der Waals surface area contributed by atoms with Gasteiger partial charge in [0.2, 0.25) is 5.91 Å². The summed E-state index contributed by atoms with van der Waals surface area (Å²) >= 11 is 1.56. The molecule has 0 saturated carbocycles. The molecule has 1 aromatic carbocycles. The molecular formula is C17H20N2O6S. The Labute approximate surface area is 155 Å². The average Bonchev–Trinajstić information content (AvgIpc) is 3.01. The second kappa shape index (κ2) is 9.23. The molecule has 1 aliphatic rings. The summed E-state index contributed by atoms with van der Waals surface area (Å²) in [4.78, 5) is 49.5. The molecule has 1 heterocycles. The van der Waals surface area contributed by atoms with E-state index in [1.54, 1.807) is 24.8 Å². The van der Waals surface area contributed by atoms with Crippen LogP contribution in [0.5, 0.6) is 0 Å². The highest BCUT2D eigenvalue weighted by Crippen LogP contribution is 2.28. The van der Waals surface area contributed by atoms with E-state index in [1.165, 1.54) is 4.90 Å². The van der Waals surface area contributed by atoms with Gasteiger partial charge in [0.05, 0.1) is 12.5 Å². The summed E-state index contributed by atoms with van der Waals surface area (Å²) in [5.74, 6) is -2.27. The van der Waals surface area contributed by atoms with E-state index in [2.05, 4.69) is 4.74 Å². The maximum Gasteiger partial charge on any atom is 0.413 e. The van der Waals surface area contributed by atoms with Gasteiger partial charge in [-0.25, -0.2) is 4.79 Å². The van der Waals surface area contributed by atoms with Crippen LogP contribution in [0.4, 0.5) is 10.5 Å². The normalized spacial score (nSPS) is 16.3. The van der Waals surface area contributed by atoms with Gasteiger partial charge in [0.25, 0.3) is 5.91 Å². The van der Waals surface area contributed by atoms with Gasteiger partial charge in [-0.05, 0) is 31.4 Å². The maximum absolute atomic E-state index is 12.2. The molecule has 140 valence electrons. The number of benzene rings is 1. The van der Waals surface area contributed by atoms with Gasteiger partial charge >= 0.3 is 12.1 Å². The third-order valence-electron chi connectivity index (χ3n) is 3.69. The molecule has 1 fully saturated rings. The van der Waals surface area contributed by atoms with Gasteiger partial charge in [-0.2, -0.15) is 0 Å². The van der Waals surface area contributed by atoms with Crippen molar-refractivity contribution in [1.82, 2.24) is 5.32 Å². The van der Waals surface area contributed by atoms with Gasteiger partial charge < -0.3 is 14.4 Å². The van der Waals surface area contributed by atoms with Crippen molar-refractivity contribution in [3.8, 4) is 0 Å². The molecule has 3 amide bonds. The molecule has 9 heteroatoms. The Balaban J connectivity index is 1.88. The van der Waals surface area contributed by atoms with E-state index in [-0.39, 0.29) is 25.5 Å². The molecule has 1 aromatic rings. The van der Waals surface area contributed by atoms with Crippen LogP contribution in [0.1, 0.15) is 13.3 Å². The number of nitrogens with zero attached hydrogens (tertiary/aromatic N) is 1. The summed E-state index contributed by atoms with van der Waals surface area (Å²) in [5.41, 5.74) is 0.720. The minimum Gasteiger partial charge on any atom is -0.455 e. The number of ether oxygens (including phenoxy) is 2. The van der Waals surface area contributed by atoms with Crippen molar-refractivity contribution in [2.45, 2.75) is 18.2 Å². The molecule has 0 unspecified atom stereocenters. The van der Waals surface area contributed by atoms with Gasteiger partial charge in [-0.1, -0.05) is 6.07 Å². The lowest BCUT2D eigenvalue weighted by Gasteiger charge is -2.17. The van der Waals surface area contributed by atoms with Gasteiger partial charge in [0.1, 0.15) is 0 Å². The quantitative estimate of drug-likeness (QED) is 0.590. The van der Waals surface area contributed by atoms with Crippen LogP contribution in [0.3, 0.4) is 0 Å². The number of carbonyl (C=O) groups is 4. The van der Waals surface area contributed by atoms with E-state index in [9.17, 15) is 19.2 Å². The molecule has 0 aromatic heterocycles. The Bertz CT molecular complexity index is 708. The van der Waals surface area contributed by atoms with Gasteiger partial charge in [-0.3, -0.25) is 19.7 Å². The highest BCUT2D eigenvalue weighted by molar-refractivity contribution is 7.98. The van der Waals surface area contributed by atoms with Crippen LogP contribution in [0.25, 0.3) is 0 Å². The zero-order valence-corrected chi connectivity index (χ0v) is 15.3. The molecule has 1 saturated heterocycles. The van der Waals surface area contributed by atoms with E-state index in [0.717, 1.165) is 10.6 Å². The van der Waals surface area contributed by atoms with Crippen LogP contribution >= 0.6 is 11.8 Å². The standard InChI is InChI=1S/C17H20N2O6S/c1-3-24-17(23)18-14(20)10-25-16(22)11-7-15(21)19(9-11)12-5-4-6-13(8-12)26-2/h4-6,8,11H,3,7,9-10H2,1-2H3,(H,18,20,23)/t11-/m0/s1. The lowest BCUT2D eigenvalue weighted by molar-refractivity contribution is -0.152. The topological polar surface area (TPSA) is 102 Å². The first-order valence-corrected chi connectivity index (χ1v) is 9.24. The maximum atomic E-state index is 12.2. The van der Waals surface area contributed by atoms with Crippen LogP contribution in [-0.2, 0) is 23.9 Å². The summed E-state index contributed by atoms with van der Waals surface area (Å²) in [5, 5.41) is 1.93. The van der Waals surface area contributed by atoms with Crippen LogP contribution in [0.2, 0.25) is 0 Å². The van der Waals surface area contributed by atoms with Crippen LogP contribution in [-0.4, -0.2) is 49.9 Å². The predicted octanol–water partition coefficient (Wildman–Crippen LogP) is 1.58. The van der Waals surface area contributed by atoms with Gasteiger partial charge in [0.15, 0.2) is 6.61 Å². The van der Waals surface area contributed by atoms with E-state index in [0.29, 0.717) is 0 Å². The minimum atomic E-state index is -0.899. The number of nitrogens with one attached hydrogen (secondary N) is 1. The SMILES string of the molecule is CCOC(=O)NC(=O)COC(=O)[C@H]1CC(=O)N(c2cccc(SC)c2)C1. The number of thioether (sulfide) groups is 1. The summed E-state index contributed by atoms with van der Waals surface area (Å²) in [6.07, 6.45) is 1.05. The van der Waals surface area contributed by atoms with Crippen LogP contribution in [0.15, 0.2) is 29.2 Å². The minimum absolute atomic E-state index is 0.0157. The number of rotatable bonds is 6. The molecule has 1 atom stereocenters. The predicted molar refractivity (Wildman–Crippen MR) is 94.8 cm³/mol. The van der Waals surface area contributed by atoms with Crippen molar-refractivity contribution in [3.05, 3.63) is 24.3 Å². The molecule has 0 aliphatic carbocycles. The second-order valence-corrected chi connectivity index (χ2v) is 6.36. The number of amides is 3. The highest BCUT2D eigenvalue weighted by atomic mass is 32.2. The first-order valence-electron chi connectivity index (χ1n) is 8.02. The largest absolute Gasteiger partial charge is 0.455 e. The van der Waals surface area contributed by atoms with Gasteiger partial charge in [-0.15, -0.1) is 11.8 Å². The van der Waals surface area contributed by atoms with Crippen molar-refractivity contribution < 1.29 is 28.7 Å². The fourth-order valence-electron chi connectivity index (χ4n) is 2.47. The molecule has 1 aliphatic heterocycles. The van der Waals surface area contributed by atoms with E-state index in [1.807, 2.05) is 29.8 Å². The molecule has 26 heavy (non-hydrogen) atoms. The van der Waals surface area contributed by atoms with Gasteiger partial charge in [0, 0.05) is 23.5 Å². The molecule has 1 N–H and O–H groups in total. The molecule has 0 bridgehead atoms. The van der Waals surface area contributed by atoms with Crippen molar-refractivity contribution in [1.29, 1.82) is 0 Å². The summed E-state index contributed by atoms with van der Waals surface area (Å²) in [6.45, 7) is 1.30. The van der Waals surface area contributed by atoms with E-state index < -0.39 is 30.5 Å². The van der Waals surface area contributed by atoms with Crippen molar-refractivity contribution in [3.63, 3.8) is 0 Å². The summed E-state index contributed by atoms with van der Waals surface area (Å²) < 4.78 is 9.45. The molecule has 0 radical (unpaired) electrons. The highest BCUT2D eigenvalue weighted by Gasteiger charge is 2.36. The van der Waals surface area contributed by atoms with Crippen molar-refractivity contribution in [2.24, 2.45) is 5.92 Å². The molecule has 0 spiro atoms. The lowest BCUT2D eigenvalue weighted by atomic mass is 10.1. The Kier molecular flexibility index (Phi) is 7.02. The number of anilines is 1. The third kappa shape index (κ3) is 5.22. The smallest absolute Gasteiger partial charge is 0.413 e. The van der Waals surface area contributed by atoms with Crippen LogP contribution in [0, 0.1) is 5.92 Å². The third-order valence-corrected chi connectivity index (χ3v) is 4.41. The number of hydrogen-bond donors (Lipinski definition) is 1. The first-order chi connectivity index (χ1) is 12.4. The summed E-state index contributed by atoms with van der Waals surface area (Å²) in [6, 6.07) is 7.46. The number of hydrogen-bond acceptors (Lipinski definition) is 7. The van der Waals surface area contributed by atoms with E-state index >= 15 is 0 Å². The van der Waals surface area contributed by atoms with Crippen LogP contribution < -0.4 is 10.2 Å². The summed E-state index contributed by atoms with van der Waals surface area (Å²) in [7, 11) is 0. The Morgan fingerprint density at radius 2 is 2.08 bits per heavy atom. The van der Waals surface area contributed by atoms with Crippen molar-refractivity contribution in [2.75, 3.05) is 30.9 Å².